The number of halogens is 2. The molecule has 164 valence electrons. The Balaban J connectivity index is 1.76. The van der Waals surface area contributed by atoms with Gasteiger partial charge in [-0.3, -0.25) is 25.8 Å². The zero-order valence-electron chi connectivity index (χ0n) is 17.3. The van der Waals surface area contributed by atoms with Crippen molar-refractivity contribution in [3.63, 3.8) is 0 Å². The Labute approximate surface area is 200 Å². The van der Waals surface area contributed by atoms with Gasteiger partial charge in [-0.1, -0.05) is 56.6 Å². The Morgan fingerprint density at radius 3 is 2.52 bits per heavy atom. The molecule has 0 fully saturated rings. The van der Waals surface area contributed by atoms with Crippen molar-refractivity contribution in [1.82, 2.24) is 16.2 Å². The van der Waals surface area contributed by atoms with Crippen LogP contribution in [0.3, 0.4) is 0 Å². The quantitative estimate of drug-likeness (QED) is 0.305. The van der Waals surface area contributed by atoms with E-state index in [-0.39, 0.29) is 17.1 Å². The van der Waals surface area contributed by atoms with Gasteiger partial charge in [-0.15, -0.1) is 0 Å². The Bertz CT molecular complexity index is 1010. The summed E-state index contributed by atoms with van der Waals surface area (Å²) in [7, 11) is 0. The fourth-order valence-corrected chi connectivity index (χ4v) is 3.19. The number of carbonyl (C=O) groups is 2. The van der Waals surface area contributed by atoms with E-state index in [1.54, 1.807) is 24.3 Å². The first-order valence-electron chi connectivity index (χ1n) is 9.31. The van der Waals surface area contributed by atoms with Gasteiger partial charge in [-0.2, -0.15) is 0 Å². The zero-order valence-corrected chi connectivity index (χ0v) is 20.5. The summed E-state index contributed by atoms with van der Waals surface area (Å²) < 4.78 is 6.28. The summed E-state index contributed by atoms with van der Waals surface area (Å²) in [6.07, 6.45) is 2.86. The Hall–Kier alpha value is -2.42. The second-order valence-electron chi connectivity index (χ2n) is 7.53. The molecule has 0 aromatic heterocycles. The molecule has 2 rings (SSSR count). The van der Waals surface area contributed by atoms with E-state index in [1.807, 2.05) is 24.3 Å². The number of ether oxygens (including phenoxy) is 1. The summed E-state index contributed by atoms with van der Waals surface area (Å²) in [4.78, 5) is 23.9. The van der Waals surface area contributed by atoms with Crippen molar-refractivity contribution in [3.05, 3.63) is 69.2 Å². The molecule has 0 aliphatic rings. The molecule has 0 unspecified atom stereocenters. The summed E-state index contributed by atoms with van der Waals surface area (Å²) in [5.74, 6) is -0.385. The van der Waals surface area contributed by atoms with Gasteiger partial charge < -0.3 is 4.74 Å². The molecule has 9 heteroatoms. The normalized spacial score (nSPS) is 11.1. The molecule has 6 nitrogen and oxygen atoms in total. The summed E-state index contributed by atoms with van der Waals surface area (Å²) >= 11 is 14.5. The first-order chi connectivity index (χ1) is 14.6. The molecule has 2 aromatic rings. The van der Waals surface area contributed by atoms with Crippen LogP contribution < -0.4 is 20.9 Å². The van der Waals surface area contributed by atoms with E-state index in [0.717, 1.165) is 10.0 Å². The fourth-order valence-electron chi connectivity index (χ4n) is 2.35. The molecule has 0 bridgehead atoms. The fraction of sp³-hybridized carbons (Fsp3) is 0.227. The maximum Gasteiger partial charge on any atom is 0.276 e. The van der Waals surface area contributed by atoms with Crippen LogP contribution >= 0.6 is 39.7 Å². The average Bonchev–Trinajstić information content (AvgIpc) is 2.70. The zero-order chi connectivity index (χ0) is 23.0. The van der Waals surface area contributed by atoms with Crippen molar-refractivity contribution in [2.45, 2.75) is 26.2 Å². The van der Waals surface area contributed by atoms with Crippen LogP contribution in [0, 0.1) is 0 Å². The monoisotopic (exact) mass is 523 g/mol. The highest BCUT2D eigenvalue weighted by Gasteiger charge is 2.15. The molecule has 0 heterocycles. The molecule has 3 N–H and O–H groups in total. The van der Waals surface area contributed by atoms with E-state index in [4.69, 9.17) is 28.6 Å². The predicted octanol–water partition coefficient (Wildman–Crippen LogP) is 4.51. The van der Waals surface area contributed by atoms with Crippen LogP contribution in [0.15, 0.2) is 53.0 Å². The molecular weight excluding hydrogens is 502 g/mol. The largest absolute Gasteiger partial charge is 0.483 e. The van der Waals surface area contributed by atoms with Crippen LogP contribution in [0.4, 0.5) is 0 Å². The van der Waals surface area contributed by atoms with Crippen molar-refractivity contribution >= 4 is 62.8 Å². The molecule has 0 atom stereocenters. The second-order valence-corrected chi connectivity index (χ2v) is 9.20. The lowest BCUT2D eigenvalue weighted by atomic mass is 9.87. The third kappa shape index (κ3) is 8.32. The Morgan fingerprint density at radius 1 is 1.16 bits per heavy atom. The number of rotatable bonds is 5. The summed E-state index contributed by atoms with van der Waals surface area (Å²) in [6, 6.07) is 12.8. The maximum absolute atomic E-state index is 12.0. The van der Waals surface area contributed by atoms with Gasteiger partial charge in [0, 0.05) is 11.1 Å². The average molecular weight is 525 g/mol. The summed E-state index contributed by atoms with van der Waals surface area (Å²) in [5, 5.41) is 2.89. The minimum atomic E-state index is -0.467. The molecule has 0 radical (unpaired) electrons. The number of amides is 2. The lowest BCUT2D eigenvalue weighted by Crippen LogP contribution is -2.49. The number of carbonyl (C=O) groups excluding carboxylic acids is 2. The van der Waals surface area contributed by atoms with Crippen LogP contribution in [0.5, 0.6) is 5.75 Å². The van der Waals surface area contributed by atoms with Gasteiger partial charge >= 0.3 is 0 Å². The summed E-state index contributed by atoms with van der Waals surface area (Å²) in [5.41, 5.74) is 6.66. The molecule has 0 aliphatic heterocycles. The molecule has 31 heavy (non-hydrogen) atoms. The van der Waals surface area contributed by atoms with E-state index in [2.05, 4.69) is 52.9 Å². The Kier molecular flexibility index (Phi) is 9.03. The van der Waals surface area contributed by atoms with Gasteiger partial charge in [0.15, 0.2) is 11.7 Å². The van der Waals surface area contributed by atoms with Gasteiger partial charge in [0.2, 0.25) is 5.91 Å². The van der Waals surface area contributed by atoms with Crippen LogP contribution in [-0.4, -0.2) is 23.5 Å². The Morgan fingerprint density at radius 2 is 1.87 bits per heavy atom. The van der Waals surface area contributed by atoms with Gasteiger partial charge in [0.05, 0.1) is 4.47 Å². The number of thiocarbonyl (C=S) groups is 1. The summed E-state index contributed by atoms with van der Waals surface area (Å²) in [6.45, 7) is 6.11. The van der Waals surface area contributed by atoms with Crippen LogP contribution in [0.1, 0.15) is 31.9 Å². The molecule has 0 aliphatic carbocycles. The first kappa shape index (κ1) is 24.8. The van der Waals surface area contributed by atoms with Crippen molar-refractivity contribution in [2.75, 3.05) is 6.61 Å². The van der Waals surface area contributed by atoms with Gasteiger partial charge in [0.1, 0.15) is 5.75 Å². The number of nitrogens with one attached hydrogen (secondary N) is 3. The lowest BCUT2D eigenvalue weighted by molar-refractivity contribution is -0.123. The number of hydrogen-bond acceptors (Lipinski definition) is 4. The third-order valence-corrected chi connectivity index (χ3v) is 5.20. The molecule has 0 saturated heterocycles. The minimum absolute atomic E-state index is 0.00498. The number of hydrazine groups is 1. The van der Waals surface area contributed by atoms with E-state index < -0.39 is 11.8 Å². The highest BCUT2D eigenvalue weighted by atomic mass is 79.9. The lowest BCUT2D eigenvalue weighted by Gasteiger charge is -2.20. The standard InChI is InChI=1S/C22H23BrClN3O3S/c1-22(2,3)15-9-10-18(16(23)12-15)30-13-20(29)26-27-21(31)25-19(28)11-8-14-6-4-5-7-17(14)24/h4-12H,13H2,1-3H3,(H,26,29)(H2,25,27,28,31)/b11-8-. The van der Waals surface area contributed by atoms with Crippen molar-refractivity contribution < 1.29 is 14.3 Å². The SMILES string of the molecule is CC(C)(C)c1ccc(OCC(=O)NNC(=S)NC(=O)/C=C\c2ccccc2Cl)c(Br)c1. The molecule has 0 saturated carbocycles. The van der Waals surface area contributed by atoms with Crippen LogP contribution in [-0.2, 0) is 15.0 Å². The van der Waals surface area contributed by atoms with Gasteiger partial charge in [-0.25, -0.2) is 0 Å². The number of hydrogen-bond donors (Lipinski definition) is 3. The van der Waals surface area contributed by atoms with Crippen molar-refractivity contribution in [1.29, 1.82) is 0 Å². The molecule has 2 amide bonds. The molecule has 2 aromatic carbocycles. The van der Waals surface area contributed by atoms with Gasteiger partial charge in [0.25, 0.3) is 5.91 Å². The van der Waals surface area contributed by atoms with Crippen molar-refractivity contribution in [3.8, 4) is 5.75 Å². The minimum Gasteiger partial charge on any atom is -0.483 e. The molecule has 0 spiro atoms. The molecular formula is C22H23BrClN3O3S. The highest BCUT2D eigenvalue weighted by Crippen LogP contribution is 2.31. The highest BCUT2D eigenvalue weighted by molar-refractivity contribution is 9.10. The van der Waals surface area contributed by atoms with E-state index >= 15 is 0 Å². The second kappa shape index (κ2) is 11.3. The van der Waals surface area contributed by atoms with E-state index in [0.29, 0.717) is 16.3 Å². The number of benzene rings is 2. The van der Waals surface area contributed by atoms with Crippen LogP contribution in [0.25, 0.3) is 6.08 Å². The van der Waals surface area contributed by atoms with E-state index in [1.165, 1.54) is 6.08 Å². The third-order valence-electron chi connectivity index (χ3n) is 4.03. The topological polar surface area (TPSA) is 79.5 Å². The predicted molar refractivity (Wildman–Crippen MR) is 131 cm³/mol. The van der Waals surface area contributed by atoms with E-state index in [9.17, 15) is 9.59 Å². The van der Waals surface area contributed by atoms with Crippen LogP contribution in [0.2, 0.25) is 5.02 Å². The van der Waals surface area contributed by atoms with Gasteiger partial charge in [-0.05, 0) is 69.0 Å². The van der Waals surface area contributed by atoms with Crippen molar-refractivity contribution in [2.24, 2.45) is 0 Å². The first-order valence-corrected chi connectivity index (χ1v) is 10.9. The smallest absolute Gasteiger partial charge is 0.276 e. The maximum atomic E-state index is 12.0.